The van der Waals surface area contributed by atoms with Crippen LogP contribution < -0.4 is 10.6 Å². The van der Waals surface area contributed by atoms with E-state index >= 15 is 0 Å². The molecule has 1 aliphatic carbocycles. The minimum Gasteiger partial charge on any atom is -0.450 e. The maximum Gasteiger partial charge on any atom is 0.407 e. The summed E-state index contributed by atoms with van der Waals surface area (Å²) in [6.07, 6.45) is 24.8. The van der Waals surface area contributed by atoms with Crippen LogP contribution in [-0.2, 0) is 4.74 Å². The molecule has 9 nitrogen and oxygen atoms in total. The fraction of sp³-hybridized carbons (Fsp3) is 0.974. The molecule has 1 rings (SSSR count). The summed E-state index contributed by atoms with van der Waals surface area (Å²) >= 11 is 0. The topological polar surface area (TPSA) is 152 Å². The van der Waals surface area contributed by atoms with Gasteiger partial charge in [-0.1, -0.05) is 149 Å². The van der Waals surface area contributed by atoms with Crippen molar-refractivity contribution in [3.05, 3.63) is 0 Å². The van der Waals surface area contributed by atoms with Gasteiger partial charge in [0.1, 0.15) is 6.10 Å². The largest absolute Gasteiger partial charge is 0.450 e. The number of ether oxygens (including phenoxy) is 1. The lowest BCUT2D eigenvalue weighted by atomic mass is 9.87. The predicted octanol–water partition coefficient (Wildman–Crippen LogP) is 7.04. The van der Waals surface area contributed by atoms with Gasteiger partial charge in [-0.3, -0.25) is 0 Å². The number of aliphatic hydroxyl groups excluding tert-OH is 5. The lowest BCUT2D eigenvalue weighted by Gasteiger charge is -2.37. The molecule has 280 valence electrons. The highest BCUT2D eigenvalue weighted by Gasteiger charge is 2.37. The molecule has 0 saturated heterocycles. The van der Waals surface area contributed by atoms with Crippen LogP contribution in [0.1, 0.15) is 181 Å². The van der Waals surface area contributed by atoms with Crippen molar-refractivity contribution in [3.8, 4) is 0 Å². The lowest BCUT2D eigenvalue weighted by molar-refractivity contribution is -0.0986. The van der Waals surface area contributed by atoms with Gasteiger partial charge in [0.15, 0.2) is 0 Å². The second-order valence-electron chi connectivity index (χ2n) is 14.3. The number of aliphatic hydroxyl groups is 5. The highest BCUT2D eigenvalue weighted by molar-refractivity contribution is 5.67. The zero-order chi connectivity index (χ0) is 34.5. The Morgan fingerprint density at radius 2 is 1.11 bits per heavy atom. The quantitative estimate of drug-likeness (QED) is 0.0388. The third-order valence-corrected chi connectivity index (χ3v) is 10.0. The summed E-state index contributed by atoms with van der Waals surface area (Å²) in [7, 11) is 0. The number of carbonyl (C=O) groups excluding carboxylic acids is 1. The van der Waals surface area contributed by atoms with E-state index in [0.717, 1.165) is 19.3 Å². The van der Waals surface area contributed by atoms with Gasteiger partial charge in [0.25, 0.3) is 0 Å². The minimum atomic E-state index is -1.25. The molecule has 9 heteroatoms. The number of amides is 1. The van der Waals surface area contributed by atoms with Crippen LogP contribution in [0.4, 0.5) is 4.79 Å². The monoisotopic (exact) mass is 673 g/mol. The van der Waals surface area contributed by atoms with E-state index in [1.165, 1.54) is 122 Å². The number of nitrogens with one attached hydrogen (secondary N) is 2. The number of hydrogen-bond acceptors (Lipinski definition) is 8. The SMILES string of the molecule is CCCCCCCCCCCCCCCCCCCCCCCCOC(=O)NC(CNC1CCC(O)C(O)C1O)C(O)CC(O)CC. The van der Waals surface area contributed by atoms with Crippen LogP contribution in [0.15, 0.2) is 0 Å². The standard InChI is InChI=1S/C38H76N2O7/c1-3-5-6-7-8-9-10-11-12-13-14-15-16-17-18-19-20-21-22-23-24-25-28-47-38(46)40-33(35(43)29-31(41)4-2)30-39-32-26-27-34(42)37(45)36(32)44/h31-37,39,41-45H,3-30H2,1-2H3,(H,40,46). The number of unbranched alkanes of at least 4 members (excludes halogenated alkanes) is 21. The van der Waals surface area contributed by atoms with Crippen LogP contribution in [0.25, 0.3) is 0 Å². The lowest BCUT2D eigenvalue weighted by Crippen LogP contribution is -2.58. The van der Waals surface area contributed by atoms with E-state index in [2.05, 4.69) is 17.6 Å². The molecule has 1 saturated carbocycles. The van der Waals surface area contributed by atoms with Gasteiger partial charge in [-0.05, 0) is 25.7 Å². The molecule has 7 N–H and O–H groups in total. The van der Waals surface area contributed by atoms with E-state index in [9.17, 15) is 30.3 Å². The van der Waals surface area contributed by atoms with Gasteiger partial charge in [-0.25, -0.2) is 4.79 Å². The summed E-state index contributed by atoms with van der Waals surface area (Å²) in [6, 6.07) is -1.23. The summed E-state index contributed by atoms with van der Waals surface area (Å²) in [4.78, 5) is 12.5. The summed E-state index contributed by atoms with van der Waals surface area (Å²) in [5.41, 5.74) is 0. The van der Waals surface area contributed by atoms with Gasteiger partial charge in [-0.2, -0.15) is 0 Å². The van der Waals surface area contributed by atoms with Gasteiger partial charge < -0.3 is 40.9 Å². The molecule has 7 unspecified atom stereocenters. The molecule has 0 aromatic rings. The Hall–Kier alpha value is -0.970. The molecule has 0 bridgehead atoms. The maximum absolute atomic E-state index is 12.5. The first kappa shape index (κ1) is 44.1. The van der Waals surface area contributed by atoms with E-state index in [-0.39, 0.29) is 13.0 Å². The van der Waals surface area contributed by atoms with E-state index in [1.54, 1.807) is 0 Å². The Balaban J connectivity index is 2.02. The van der Waals surface area contributed by atoms with Crippen molar-refractivity contribution in [3.63, 3.8) is 0 Å². The average Bonchev–Trinajstić information content (AvgIpc) is 3.06. The van der Waals surface area contributed by atoms with Crippen molar-refractivity contribution in [2.45, 2.75) is 223 Å². The molecule has 0 heterocycles. The Kier molecular flexibility index (Phi) is 28.0. The summed E-state index contributed by atoms with van der Waals surface area (Å²) in [6.45, 7) is 4.53. The van der Waals surface area contributed by atoms with Crippen LogP contribution in [0.5, 0.6) is 0 Å². The second kappa shape index (κ2) is 29.9. The van der Waals surface area contributed by atoms with Gasteiger partial charge in [-0.15, -0.1) is 0 Å². The Bertz CT molecular complexity index is 716. The third-order valence-electron chi connectivity index (χ3n) is 10.0. The molecule has 7 atom stereocenters. The summed E-state index contributed by atoms with van der Waals surface area (Å²) in [5, 5.41) is 56.5. The van der Waals surface area contributed by atoms with Crippen molar-refractivity contribution in [2.24, 2.45) is 0 Å². The summed E-state index contributed by atoms with van der Waals surface area (Å²) in [5.74, 6) is 0. The second-order valence-corrected chi connectivity index (χ2v) is 14.3. The van der Waals surface area contributed by atoms with Crippen LogP contribution in [-0.4, -0.2) is 87.4 Å². The first-order valence-corrected chi connectivity index (χ1v) is 19.9. The minimum absolute atomic E-state index is 0.0944. The fourth-order valence-electron chi connectivity index (χ4n) is 6.62. The molecular formula is C38H76N2O7. The van der Waals surface area contributed by atoms with E-state index in [4.69, 9.17) is 4.74 Å². The summed E-state index contributed by atoms with van der Waals surface area (Å²) < 4.78 is 5.37. The van der Waals surface area contributed by atoms with Crippen molar-refractivity contribution in [1.29, 1.82) is 0 Å². The molecule has 47 heavy (non-hydrogen) atoms. The van der Waals surface area contributed by atoms with Crippen molar-refractivity contribution < 1.29 is 35.1 Å². The fourth-order valence-corrected chi connectivity index (χ4v) is 6.62. The zero-order valence-electron chi connectivity index (χ0n) is 30.4. The van der Waals surface area contributed by atoms with Crippen molar-refractivity contribution in [2.75, 3.05) is 13.2 Å². The molecule has 1 fully saturated rings. The molecule has 0 spiro atoms. The molecule has 0 radical (unpaired) electrons. The molecule has 1 aliphatic rings. The zero-order valence-corrected chi connectivity index (χ0v) is 30.4. The first-order valence-electron chi connectivity index (χ1n) is 19.9. The van der Waals surface area contributed by atoms with Crippen LogP contribution >= 0.6 is 0 Å². The van der Waals surface area contributed by atoms with Crippen LogP contribution in [0.3, 0.4) is 0 Å². The highest BCUT2D eigenvalue weighted by Crippen LogP contribution is 2.20. The number of alkyl carbamates (subject to hydrolysis) is 1. The smallest absolute Gasteiger partial charge is 0.407 e. The number of hydrogen-bond donors (Lipinski definition) is 7. The van der Waals surface area contributed by atoms with E-state index in [1.807, 2.05) is 6.92 Å². The van der Waals surface area contributed by atoms with Crippen molar-refractivity contribution in [1.82, 2.24) is 10.6 Å². The molecular weight excluding hydrogens is 596 g/mol. The Morgan fingerprint density at radius 1 is 0.660 bits per heavy atom. The Labute approximate surface area is 288 Å². The van der Waals surface area contributed by atoms with E-state index in [0.29, 0.717) is 25.9 Å². The third kappa shape index (κ3) is 23.1. The normalized spacial score (nSPS) is 21.8. The highest BCUT2D eigenvalue weighted by atomic mass is 16.5. The molecule has 0 aromatic heterocycles. The molecule has 0 aromatic carbocycles. The first-order chi connectivity index (χ1) is 22.8. The van der Waals surface area contributed by atoms with Gasteiger partial charge in [0.05, 0.1) is 37.1 Å². The number of carbonyl (C=O) groups is 1. The number of rotatable bonds is 31. The van der Waals surface area contributed by atoms with Gasteiger partial charge >= 0.3 is 6.09 Å². The molecule has 1 amide bonds. The molecule has 0 aliphatic heterocycles. The van der Waals surface area contributed by atoms with E-state index < -0.39 is 48.7 Å². The maximum atomic E-state index is 12.5. The Morgan fingerprint density at radius 3 is 1.55 bits per heavy atom. The van der Waals surface area contributed by atoms with Crippen molar-refractivity contribution >= 4 is 6.09 Å². The van der Waals surface area contributed by atoms with Gasteiger partial charge in [0, 0.05) is 19.0 Å². The van der Waals surface area contributed by atoms with Gasteiger partial charge in [0.2, 0.25) is 0 Å². The van der Waals surface area contributed by atoms with Crippen LogP contribution in [0.2, 0.25) is 0 Å². The van der Waals surface area contributed by atoms with Crippen LogP contribution in [0, 0.1) is 0 Å². The average molecular weight is 673 g/mol. The predicted molar refractivity (Wildman–Crippen MR) is 191 cm³/mol.